The Hall–Kier alpha value is -2.48. The summed E-state index contributed by atoms with van der Waals surface area (Å²) >= 11 is 1.11. The summed E-state index contributed by atoms with van der Waals surface area (Å²) in [4.78, 5) is 11.3. The van der Waals surface area contributed by atoms with Gasteiger partial charge in [-0.25, -0.2) is 18.2 Å². The monoisotopic (exact) mass is 392 g/mol. The number of benzene rings is 1. The Balaban J connectivity index is 1.85. The first-order valence-corrected chi connectivity index (χ1v) is 9.16. The van der Waals surface area contributed by atoms with Crippen molar-refractivity contribution in [2.45, 2.75) is 24.6 Å². The number of amides is 1. The molecule has 1 atom stereocenters. The molecule has 1 aliphatic carbocycles. The highest BCUT2D eigenvalue weighted by Gasteiger charge is 2.52. The van der Waals surface area contributed by atoms with Gasteiger partial charge in [-0.15, -0.1) is 0 Å². The highest BCUT2D eigenvalue weighted by Crippen LogP contribution is 2.51. The number of carbonyl (C=O) groups excluding carboxylic acids is 1. The fourth-order valence-corrected chi connectivity index (χ4v) is 4.82. The van der Waals surface area contributed by atoms with Crippen LogP contribution >= 0.6 is 11.8 Å². The number of halogens is 3. The van der Waals surface area contributed by atoms with E-state index in [0.717, 1.165) is 30.0 Å². The maximum atomic E-state index is 14.3. The van der Waals surface area contributed by atoms with Gasteiger partial charge in [0.2, 0.25) is 5.91 Å². The zero-order chi connectivity index (χ0) is 19.2. The van der Waals surface area contributed by atoms with Gasteiger partial charge < -0.3 is 4.74 Å². The minimum atomic E-state index is -1.06. The van der Waals surface area contributed by atoms with E-state index >= 15 is 0 Å². The van der Waals surface area contributed by atoms with E-state index in [0.29, 0.717) is 30.8 Å². The first-order valence-electron chi connectivity index (χ1n) is 8.35. The maximum Gasteiger partial charge on any atom is 0.241 e. The summed E-state index contributed by atoms with van der Waals surface area (Å²) in [6.07, 6.45) is 5.00. The number of hydrogen-bond acceptors (Lipinski definition) is 4. The average Bonchev–Trinajstić information content (AvgIpc) is 2.88. The van der Waals surface area contributed by atoms with Crippen molar-refractivity contribution in [2.24, 2.45) is 5.10 Å². The van der Waals surface area contributed by atoms with Crippen LogP contribution < -0.4 is 0 Å². The summed E-state index contributed by atoms with van der Waals surface area (Å²) in [6, 6.07) is 3.07. The van der Waals surface area contributed by atoms with Crippen molar-refractivity contribution < 1.29 is 22.7 Å². The van der Waals surface area contributed by atoms with Gasteiger partial charge in [0.25, 0.3) is 0 Å². The number of carbonyl (C=O) groups is 1. The van der Waals surface area contributed by atoms with Crippen LogP contribution in [-0.4, -0.2) is 27.4 Å². The number of allylic oxidation sites excluding steroid dienone is 3. The largest absolute Gasteiger partial charge is 0.497 e. The standard InChI is InChI=1S/C19H15F3N2O2S/c1-11(25)24-19(7-8-26-17-4-2-3-12(20)10-15(17)19)27-18(23-24)14-9-13(21)5-6-16(14)22/h2-3,5-6,9-10H,4,7-8H2,1H3. The number of rotatable bonds is 1. The SMILES string of the molecule is CC(=O)N1N=C(c2cc(F)ccc2F)SC12CCOC1=C2C=C(F)C=CC1. The summed E-state index contributed by atoms with van der Waals surface area (Å²) < 4.78 is 47.8. The molecule has 4 nitrogen and oxygen atoms in total. The molecule has 0 aromatic heterocycles. The molecule has 3 aliphatic rings. The molecule has 1 unspecified atom stereocenters. The van der Waals surface area contributed by atoms with Crippen molar-refractivity contribution in [1.29, 1.82) is 0 Å². The number of fused-ring (bicyclic) bond motifs is 1. The van der Waals surface area contributed by atoms with Gasteiger partial charge in [0, 0.05) is 30.9 Å². The van der Waals surface area contributed by atoms with Crippen LogP contribution in [0.3, 0.4) is 0 Å². The number of hydrogen-bond donors (Lipinski definition) is 0. The third-order valence-electron chi connectivity index (χ3n) is 4.56. The molecule has 0 bridgehead atoms. The Morgan fingerprint density at radius 1 is 1.33 bits per heavy atom. The van der Waals surface area contributed by atoms with Crippen LogP contribution in [0.1, 0.15) is 25.3 Å². The molecule has 8 heteroatoms. The van der Waals surface area contributed by atoms with Crippen LogP contribution in [0, 0.1) is 11.6 Å². The lowest BCUT2D eigenvalue weighted by atomic mass is 9.97. The fourth-order valence-electron chi connectivity index (χ4n) is 3.39. The van der Waals surface area contributed by atoms with Crippen LogP contribution in [0.5, 0.6) is 0 Å². The van der Waals surface area contributed by atoms with E-state index in [1.165, 1.54) is 24.1 Å². The highest BCUT2D eigenvalue weighted by atomic mass is 32.2. The lowest BCUT2D eigenvalue weighted by molar-refractivity contribution is -0.131. The quantitative estimate of drug-likeness (QED) is 0.711. The Labute approximate surface area is 158 Å². The van der Waals surface area contributed by atoms with Gasteiger partial charge in [-0.2, -0.15) is 5.10 Å². The van der Waals surface area contributed by atoms with E-state index in [4.69, 9.17) is 4.74 Å². The molecule has 27 heavy (non-hydrogen) atoms. The van der Waals surface area contributed by atoms with Crippen molar-refractivity contribution in [3.8, 4) is 0 Å². The van der Waals surface area contributed by atoms with Gasteiger partial charge in [-0.1, -0.05) is 17.8 Å². The molecular weight excluding hydrogens is 377 g/mol. The van der Waals surface area contributed by atoms with Gasteiger partial charge in [0.05, 0.1) is 6.61 Å². The molecule has 0 radical (unpaired) electrons. The second-order valence-corrected chi connectivity index (χ2v) is 7.58. The van der Waals surface area contributed by atoms with Crippen LogP contribution in [-0.2, 0) is 9.53 Å². The summed E-state index contributed by atoms with van der Waals surface area (Å²) in [6.45, 7) is 1.63. The molecule has 0 saturated heterocycles. The van der Waals surface area contributed by atoms with Gasteiger partial charge in [0.1, 0.15) is 33.1 Å². The molecule has 0 fully saturated rings. The van der Waals surface area contributed by atoms with Crippen molar-refractivity contribution in [3.05, 3.63) is 70.8 Å². The van der Waals surface area contributed by atoms with E-state index in [1.54, 1.807) is 6.08 Å². The molecule has 0 N–H and O–H groups in total. The number of nitrogens with zero attached hydrogens (tertiary/aromatic N) is 2. The van der Waals surface area contributed by atoms with Gasteiger partial charge in [-0.05, 0) is 30.4 Å². The molecule has 1 aromatic carbocycles. The first-order chi connectivity index (χ1) is 12.9. The summed E-state index contributed by atoms with van der Waals surface area (Å²) in [5.74, 6) is -1.57. The molecule has 1 aromatic rings. The molecule has 4 rings (SSSR count). The minimum Gasteiger partial charge on any atom is -0.497 e. The van der Waals surface area contributed by atoms with E-state index in [-0.39, 0.29) is 16.5 Å². The lowest BCUT2D eigenvalue weighted by Gasteiger charge is -2.39. The molecule has 1 amide bonds. The average molecular weight is 392 g/mol. The summed E-state index contributed by atoms with van der Waals surface area (Å²) in [7, 11) is 0. The van der Waals surface area contributed by atoms with E-state index in [9.17, 15) is 18.0 Å². The van der Waals surface area contributed by atoms with Gasteiger partial charge in [0.15, 0.2) is 0 Å². The maximum absolute atomic E-state index is 14.3. The Morgan fingerprint density at radius 2 is 2.15 bits per heavy atom. The van der Waals surface area contributed by atoms with E-state index in [1.807, 2.05) is 0 Å². The zero-order valence-electron chi connectivity index (χ0n) is 14.3. The van der Waals surface area contributed by atoms with Crippen LogP contribution in [0.2, 0.25) is 0 Å². The normalized spacial score (nSPS) is 24.4. The van der Waals surface area contributed by atoms with E-state index in [2.05, 4.69) is 5.10 Å². The predicted molar refractivity (Wildman–Crippen MR) is 96.3 cm³/mol. The van der Waals surface area contributed by atoms with Crippen LogP contribution in [0.25, 0.3) is 0 Å². The topological polar surface area (TPSA) is 41.9 Å². The summed E-state index contributed by atoms with van der Waals surface area (Å²) in [5.41, 5.74) is 0.444. The molecule has 140 valence electrons. The van der Waals surface area contributed by atoms with Gasteiger partial charge >= 0.3 is 0 Å². The van der Waals surface area contributed by atoms with Crippen LogP contribution in [0.4, 0.5) is 13.2 Å². The predicted octanol–water partition coefficient (Wildman–Crippen LogP) is 4.41. The Morgan fingerprint density at radius 3 is 2.93 bits per heavy atom. The second kappa shape index (κ2) is 6.60. The minimum absolute atomic E-state index is 0.0343. The lowest BCUT2D eigenvalue weighted by Crippen LogP contribution is -2.47. The molecule has 2 heterocycles. The van der Waals surface area contributed by atoms with Crippen molar-refractivity contribution in [2.75, 3.05) is 6.61 Å². The van der Waals surface area contributed by atoms with Crippen molar-refractivity contribution in [1.82, 2.24) is 5.01 Å². The van der Waals surface area contributed by atoms with Crippen molar-refractivity contribution in [3.63, 3.8) is 0 Å². The Bertz CT molecular complexity index is 954. The number of ether oxygens (including phenoxy) is 1. The fraction of sp³-hybridized carbons (Fsp3) is 0.263. The molecule has 0 saturated carbocycles. The number of thioether (sulfide) groups is 1. The van der Waals surface area contributed by atoms with Crippen LogP contribution in [0.15, 0.2) is 58.7 Å². The Kier molecular flexibility index (Phi) is 4.38. The zero-order valence-corrected chi connectivity index (χ0v) is 15.2. The van der Waals surface area contributed by atoms with E-state index < -0.39 is 22.3 Å². The van der Waals surface area contributed by atoms with Crippen molar-refractivity contribution >= 4 is 22.7 Å². The summed E-state index contributed by atoms with van der Waals surface area (Å²) in [5, 5.41) is 5.67. The number of hydrazone groups is 1. The molecular formula is C19H15F3N2O2S. The van der Waals surface area contributed by atoms with Gasteiger partial charge in [-0.3, -0.25) is 4.79 Å². The molecule has 2 aliphatic heterocycles. The third-order valence-corrected chi connectivity index (χ3v) is 5.99. The molecule has 1 spiro atoms. The third kappa shape index (κ3) is 2.97. The highest BCUT2D eigenvalue weighted by molar-refractivity contribution is 8.16. The smallest absolute Gasteiger partial charge is 0.241 e. The second-order valence-electron chi connectivity index (χ2n) is 6.32. The first kappa shape index (κ1) is 17.9.